The van der Waals surface area contributed by atoms with Gasteiger partial charge in [0.15, 0.2) is 0 Å². The molecule has 0 aromatic heterocycles. The highest BCUT2D eigenvalue weighted by Gasteiger charge is 2.30. The first-order valence-electron chi connectivity index (χ1n) is 7.92. The van der Waals surface area contributed by atoms with Crippen LogP contribution in [0, 0.1) is 6.92 Å². The summed E-state index contributed by atoms with van der Waals surface area (Å²) >= 11 is 0. The average Bonchev–Trinajstić information content (AvgIpc) is 2.50. The van der Waals surface area contributed by atoms with Crippen LogP contribution in [0.15, 0.2) is 24.3 Å². The fraction of sp³-hybridized carbons (Fsp3) is 0.562. The highest BCUT2D eigenvalue weighted by molar-refractivity contribution is 7.89. The van der Waals surface area contributed by atoms with E-state index in [2.05, 4.69) is 10.6 Å². The summed E-state index contributed by atoms with van der Waals surface area (Å²) < 4.78 is 25.7. The van der Waals surface area contributed by atoms with Gasteiger partial charge in [-0.1, -0.05) is 17.7 Å². The van der Waals surface area contributed by atoms with E-state index in [1.165, 1.54) is 4.31 Å². The molecule has 2 rings (SSSR count). The fourth-order valence-electron chi connectivity index (χ4n) is 2.54. The van der Waals surface area contributed by atoms with Gasteiger partial charge in [0, 0.05) is 24.8 Å². The Hall–Kier alpha value is -1.60. The van der Waals surface area contributed by atoms with Crippen LogP contribution in [0.3, 0.4) is 0 Å². The van der Waals surface area contributed by atoms with Gasteiger partial charge in [0.05, 0.1) is 5.25 Å². The molecule has 0 spiro atoms. The molecule has 1 aromatic rings. The fourth-order valence-corrected chi connectivity index (χ4v) is 3.86. The summed E-state index contributed by atoms with van der Waals surface area (Å²) in [6.07, 6.45) is 1.26. The highest BCUT2D eigenvalue weighted by Crippen LogP contribution is 2.17. The topological polar surface area (TPSA) is 78.5 Å². The number of urea groups is 1. The summed E-state index contributed by atoms with van der Waals surface area (Å²) in [5, 5.41) is 5.30. The van der Waals surface area contributed by atoms with E-state index in [1.807, 2.05) is 31.2 Å². The smallest absolute Gasteiger partial charge is 0.319 e. The average molecular weight is 339 g/mol. The van der Waals surface area contributed by atoms with Gasteiger partial charge in [-0.15, -0.1) is 0 Å². The zero-order valence-corrected chi connectivity index (χ0v) is 14.7. The van der Waals surface area contributed by atoms with E-state index in [0.29, 0.717) is 25.9 Å². The molecular formula is C16H25N3O3S. The lowest BCUT2D eigenvalue weighted by molar-refractivity contribution is 0.238. The highest BCUT2D eigenvalue weighted by atomic mass is 32.2. The molecule has 23 heavy (non-hydrogen) atoms. The van der Waals surface area contributed by atoms with E-state index in [-0.39, 0.29) is 12.1 Å². The molecule has 0 atom stereocenters. The second-order valence-electron chi connectivity index (χ2n) is 6.23. The van der Waals surface area contributed by atoms with Crippen LogP contribution in [0.25, 0.3) is 0 Å². The summed E-state index contributed by atoms with van der Waals surface area (Å²) in [4.78, 5) is 12.0. The van der Waals surface area contributed by atoms with Gasteiger partial charge in [0.25, 0.3) is 0 Å². The number of rotatable bonds is 4. The summed E-state index contributed by atoms with van der Waals surface area (Å²) in [6.45, 7) is 6.28. The predicted molar refractivity (Wildman–Crippen MR) is 92.0 cm³/mol. The third-order valence-corrected chi connectivity index (χ3v) is 6.33. The molecule has 1 aliphatic heterocycles. The first kappa shape index (κ1) is 17.7. The number of nitrogens with zero attached hydrogens (tertiary/aromatic N) is 1. The number of nitrogens with one attached hydrogen (secondary N) is 2. The van der Waals surface area contributed by atoms with E-state index < -0.39 is 15.3 Å². The molecule has 1 aromatic carbocycles. The Kier molecular flexibility index (Phi) is 5.64. The molecule has 0 radical (unpaired) electrons. The Balaban J connectivity index is 1.82. The van der Waals surface area contributed by atoms with Crippen molar-refractivity contribution in [2.24, 2.45) is 0 Å². The van der Waals surface area contributed by atoms with Gasteiger partial charge in [-0.05, 0) is 45.7 Å². The van der Waals surface area contributed by atoms with E-state index in [0.717, 1.165) is 11.3 Å². The minimum absolute atomic E-state index is 0.000870. The summed E-state index contributed by atoms with van der Waals surface area (Å²) in [6, 6.07) is 7.33. The van der Waals surface area contributed by atoms with Crippen molar-refractivity contribution in [2.75, 3.05) is 18.4 Å². The first-order valence-corrected chi connectivity index (χ1v) is 9.42. The Morgan fingerprint density at radius 1 is 1.17 bits per heavy atom. The molecular weight excluding hydrogens is 314 g/mol. The van der Waals surface area contributed by atoms with Gasteiger partial charge in [-0.3, -0.25) is 0 Å². The summed E-state index contributed by atoms with van der Waals surface area (Å²) in [5.41, 5.74) is 1.88. The second kappa shape index (κ2) is 7.31. The van der Waals surface area contributed by atoms with Crippen LogP contribution in [0.4, 0.5) is 10.5 Å². The van der Waals surface area contributed by atoms with Crippen LogP contribution in [0.5, 0.6) is 0 Å². The standard InChI is InChI=1S/C16H25N3O3S/c1-12(2)23(21,22)19-10-8-15(9-11-19)18-16(20)17-14-6-4-13(3)5-7-14/h4-7,12,15H,8-11H2,1-3H3,(H2,17,18,20). The van der Waals surface area contributed by atoms with Gasteiger partial charge < -0.3 is 10.6 Å². The van der Waals surface area contributed by atoms with Gasteiger partial charge in [-0.2, -0.15) is 0 Å². The molecule has 0 bridgehead atoms. The molecule has 128 valence electrons. The van der Waals surface area contributed by atoms with Gasteiger partial charge in [-0.25, -0.2) is 17.5 Å². The maximum atomic E-state index is 12.1. The molecule has 1 aliphatic rings. The van der Waals surface area contributed by atoms with Crippen molar-refractivity contribution in [1.82, 2.24) is 9.62 Å². The Morgan fingerprint density at radius 3 is 2.26 bits per heavy atom. The van der Waals surface area contributed by atoms with Crippen LogP contribution in [-0.4, -0.2) is 43.1 Å². The normalized spacial score (nSPS) is 17.2. The number of anilines is 1. The van der Waals surface area contributed by atoms with Crippen molar-refractivity contribution in [3.63, 3.8) is 0 Å². The van der Waals surface area contributed by atoms with Gasteiger partial charge >= 0.3 is 6.03 Å². The van der Waals surface area contributed by atoms with Crippen LogP contribution < -0.4 is 10.6 Å². The van der Waals surface area contributed by atoms with Crippen LogP contribution in [0.2, 0.25) is 0 Å². The molecule has 1 heterocycles. The number of sulfonamides is 1. The molecule has 0 saturated carbocycles. The Labute approximate surface area is 138 Å². The van der Waals surface area contributed by atoms with Crippen LogP contribution in [-0.2, 0) is 10.0 Å². The molecule has 0 aliphatic carbocycles. The zero-order chi connectivity index (χ0) is 17.0. The number of benzene rings is 1. The van der Waals surface area contributed by atoms with Crippen LogP contribution >= 0.6 is 0 Å². The predicted octanol–water partition coefficient (Wildman–Crippen LogP) is 2.32. The quantitative estimate of drug-likeness (QED) is 0.883. The van der Waals surface area contributed by atoms with Crippen molar-refractivity contribution in [3.05, 3.63) is 29.8 Å². The van der Waals surface area contributed by atoms with Crippen molar-refractivity contribution < 1.29 is 13.2 Å². The first-order chi connectivity index (χ1) is 10.8. The van der Waals surface area contributed by atoms with Crippen molar-refractivity contribution in [1.29, 1.82) is 0 Å². The zero-order valence-electron chi connectivity index (χ0n) is 13.9. The van der Waals surface area contributed by atoms with E-state index >= 15 is 0 Å². The lowest BCUT2D eigenvalue weighted by Gasteiger charge is -2.32. The third kappa shape index (κ3) is 4.68. The lowest BCUT2D eigenvalue weighted by atomic mass is 10.1. The van der Waals surface area contributed by atoms with Crippen molar-refractivity contribution in [2.45, 2.75) is 44.9 Å². The molecule has 0 unspecified atom stereocenters. The summed E-state index contributed by atoms with van der Waals surface area (Å²) in [5.74, 6) is 0. The van der Waals surface area contributed by atoms with E-state index in [1.54, 1.807) is 13.8 Å². The van der Waals surface area contributed by atoms with Crippen molar-refractivity contribution in [3.8, 4) is 0 Å². The number of hydrogen-bond donors (Lipinski definition) is 2. The number of amides is 2. The number of hydrogen-bond acceptors (Lipinski definition) is 3. The number of piperidine rings is 1. The molecule has 6 nitrogen and oxygen atoms in total. The van der Waals surface area contributed by atoms with Gasteiger partial charge in [0.2, 0.25) is 10.0 Å². The molecule has 2 amide bonds. The van der Waals surface area contributed by atoms with E-state index in [9.17, 15) is 13.2 Å². The number of carbonyl (C=O) groups excluding carboxylic acids is 1. The van der Waals surface area contributed by atoms with Crippen LogP contribution in [0.1, 0.15) is 32.3 Å². The maximum Gasteiger partial charge on any atom is 0.319 e. The SMILES string of the molecule is Cc1ccc(NC(=O)NC2CCN(S(=O)(=O)C(C)C)CC2)cc1. The lowest BCUT2D eigenvalue weighted by Crippen LogP contribution is -2.48. The molecule has 2 N–H and O–H groups in total. The minimum Gasteiger partial charge on any atom is -0.335 e. The molecule has 1 fully saturated rings. The molecule has 1 saturated heterocycles. The molecule has 7 heteroatoms. The van der Waals surface area contributed by atoms with E-state index in [4.69, 9.17) is 0 Å². The minimum atomic E-state index is -3.20. The Bertz CT molecular complexity index is 633. The Morgan fingerprint density at radius 2 is 1.74 bits per heavy atom. The maximum absolute atomic E-state index is 12.1. The third-order valence-electron chi connectivity index (χ3n) is 4.05. The summed E-state index contributed by atoms with van der Waals surface area (Å²) in [7, 11) is -3.20. The number of carbonyl (C=O) groups is 1. The van der Waals surface area contributed by atoms with Gasteiger partial charge in [0.1, 0.15) is 0 Å². The monoisotopic (exact) mass is 339 g/mol. The largest absolute Gasteiger partial charge is 0.335 e. The number of aryl methyl sites for hydroxylation is 1. The second-order valence-corrected chi connectivity index (χ2v) is 8.72. The van der Waals surface area contributed by atoms with Crippen molar-refractivity contribution >= 4 is 21.7 Å².